The number of aryl methyl sites for hydroxylation is 1. The van der Waals surface area contributed by atoms with E-state index < -0.39 is 0 Å². The average Bonchev–Trinajstić information content (AvgIpc) is 2.47. The lowest BCUT2D eigenvalue weighted by atomic mass is 10.1. The molecule has 0 bridgehead atoms. The van der Waals surface area contributed by atoms with Gasteiger partial charge in [-0.05, 0) is 19.8 Å². The Kier molecular flexibility index (Phi) is 3.95. The lowest BCUT2D eigenvalue weighted by molar-refractivity contribution is 0.553. The van der Waals surface area contributed by atoms with Crippen LogP contribution in [0, 0.1) is 12.8 Å². The van der Waals surface area contributed by atoms with Crippen molar-refractivity contribution in [2.75, 3.05) is 5.32 Å². The van der Waals surface area contributed by atoms with E-state index in [9.17, 15) is 0 Å². The summed E-state index contributed by atoms with van der Waals surface area (Å²) in [5.74, 6) is 1.53. The summed E-state index contributed by atoms with van der Waals surface area (Å²) in [4.78, 5) is 4.46. The molecule has 1 aromatic rings. The number of nitrogens with zero attached hydrogens (tertiary/aromatic N) is 2. The largest absolute Gasteiger partial charge is 0.353 e. The molecule has 0 aromatic carbocycles. The Labute approximate surface area is 92.2 Å². The van der Waals surface area contributed by atoms with Crippen molar-refractivity contribution in [2.45, 2.75) is 40.3 Å². The Balaban J connectivity index is 2.78. The highest BCUT2D eigenvalue weighted by Crippen LogP contribution is 2.12. The van der Waals surface area contributed by atoms with Crippen LogP contribution in [-0.2, 0) is 6.54 Å². The Morgan fingerprint density at radius 3 is 2.73 bits per heavy atom. The molecule has 15 heavy (non-hydrogen) atoms. The first-order valence-corrected chi connectivity index (χ1v) is 5.45. The van der Waals surface area contributed by atoms with Crippen molar-refractivity contribution in [1.29, 1.82) is 0 Å². The van der Waals surface area contributed by atoms with Crippen molar-refractivity contribution < 1.29 is 0 Å². The second-order valence-corrected chi connectivity index (χ2v) is 4.32. The third kappa shape index (κ3) is 3.11. The van der Waals surface area contributed by atoms with Gasteiger partial charge in [-0.15, -0.1) is 6.58 Å². The molecule has 0 amide bonds. The molecular formula is C12H21N3. The zero-order valence-corrected chi connectivity index (χ0v) is 10.1. The number of aromatic nitrogens is 2. The predicted octanol–water partition coefficient (Wildman–Crippen LogP) is 2.83. The van der Waals surface area contributed by atoms with Gasteiger partial charge in [0, 0.05) is 18.8 Å². The van der Waals surface area contributed by atoms with Crippen LogP contribution >= 0.6 is 0 Å². The SMILES string of the molecule is C=CCn1cc(C)nc1NC(C)C(C)C. The quantitative estimate of drug-likeness (QED) is 0.752. The fourth-order valence-corrected chi connectivity index (χ4v) is 1.31. The van der Waals surface area contributed by atoms with Gasteiger partial charge in [0.25, 0.3) is 0 Å². The van der Waals surface area contributed by atoms with E-state index in [1.807, 2.05) is 19.2 Å². The van der Waals surface area contributed by atoms with Crippen LogP contribution in [0.2, 0.25) is 0 Å². The first-order chi connectivity index (χ1) is 7.04. The van der Waals surface area contributed by atoms with Crippen LogP contribution < -0.4 is 5.32 Å². The van der Waals surface area contributed by atoms with Crippen LogP contribution in [0.4, 0.5) is 5.95 Å². The monoisotopic (exact) mass is 207 g/mol. The molecule has 0 saturated heterocycles. The van der Waals surface area contributed by atoms with Crippen LogP contribution in [0.5, 0.6) is 0 Å². The molecule has 1 unspecified atom stereocenters. The van der Waals surface area contributed by atoms with Crippen molar-refractivity contribution >= 4 is 5.95 Å². The number of hydrogen-bond donors (Lipinski definition) is 1. The summed E-state index contributed by atoms with van der Waals surface area (Å²) >= 11 is 0. The fraction of sp³-hybridized carbons (Fsp3) is 0.583. The molecule has 3 nitrogen and oxygen atoms in total. The summed E-state index contributed by atoms with van der Waals surface area (Å²) in [5.41, 5.74) is 1.04. The van der Waals surface area contributed by atoms with E-state index in [0.717, 1.165) is 18.2 Å². The van der Waals surface area contributed by atoms with E-state index >= 15 is 0 Å². The molecule has 1 atom stereocenters. The molecule has 0 aliphatic carbocycles. The van der Waals surface area contributed by atoms with Gasteiger partial charge in [-0.25, -0.2) is 4.98 Å². The van der Waals surface area contributed by atoms with Gasteiger partial charge >= 0.3 is 0 Å². The number of rotatable bonds is 5. The molecule has 1 rings (SSSR count). The van der Waals surface area contributed by atoms with Crippen LogP contribution in [0.25, 0.3) is 0 Å². The number of anilines is 1. The molecule has 1 heterocycles. The smallest absolute Gasteiger partial charge is 0.203 e. The molecule has 0 radical (unpaired) electrons. The van der Waals surface area contributed by atoms with Gasteiger partial charge in [0.15, 0.2) is 0 Å². The lowest BCUT2D eigenvalue weighted by Gasteiger charge is -2.18. The Morgan fingerprint density at radius 2 is 2.20 bits per heavy atom. The standard InChI is InChI=1S/C12H21N3/c1-6-7-15-8-10(4)13-12(15)14-11(5)9(2)3/h6,8-9,11H,1,7H2,2-5H3,(H,13,14). The minimum atomic E-state index is 0.426. The zero-order valence-electron chi connectivity index (χ0n) is 10.1. The van der Waals surface area contributed by atoms with Gasteiger partial charge in [-0.1, -0.05) is 19.9 Å². The molecule has 0 spiro atoms. The summed E-state index contributed by atoms with van der Waals surface area (Å²) in [6.45, 7) is 13.1. The highest BCUT2D eigenvalue weighted by atomic mass is 15.2. The highest BCUT2D eigenvalue weighted by molar-refractivity contribution is 5.30. The molecular weight excluding hydrogens is 186 g/mol. The maximum atomic E-state index is 4.46. The van der Waals surface area contributed by atoms with Gasteiger partial charge < -0.3 is 9.88 Å². The minimum Gasteiger partial charge on any atom is -0.353 e. The van der Waals surface area contributed by atoms with E-state index in [-0.39, 0.29) is 0 Å². The Bertz CT molecular complexity index is 326. The molecule has 0 aliphatic rings. The molecule has 84 valence electrons. The van der Waals surface area contributed by atoms with Crippen LogP contribution in [0.3, 0.4) is 0 Å². The average molecular weight is 207 g/mol. The van der Waals surface area contributed by atoms with Crippen LogP contribution in [0.1, 0.15) is 26.5 Å². The van der Waals surface area contributed by atoms with Crippen molar-refractivity contribution in [1.82, 2.24) is 9.55 Å². The zero-order chi connectivity index (χ0) is 11.4. The maximum absolute atomic E-state index is 4.46. The van der Waals surface area contributed by atoms with Gasteiger partial charge in [0.2, 0.25) is 5.95 Å². The Hall–Kier alpha value is -1.25. The molecule has 3 heteroatoms. The maximum Gasteiger partial charge on any atom is 0.203 e. The predicted molar refractivity (Wildman–Crippen MR) is 65.1 cm³/mol. The van der Waals surface area contributed by atoms with Crippen molar-refractivity contribution in [3.8, 4) is 0 Å². The number of hydrogen-bond acceptors (Lipinski definition) is 2. The van der Waals surface area contributed by atoms with E-state index in [1.165, 1.54) is 0 Å². The molecule has 0 fully saturated rings. The summed E-state index contributed by atoms with van der Waals surface area (Å²) < 4.78 is 2.08. The third-order valence-corrected chi connectivity index (χ3v) is 2.58. The first kappa shape index (κ1) is 11.8. The van der Waals surface area contributed by atoms with Crippen LogP contribution in [0.15, 0.2) is 18.9 Å². The normalized spacial score (nSPS) is 12.9. The fourth-order valence-electron chi connectivity index (χ4n) is 1.31. The summed E-state index contributed by atoms with van der Waals surface area (Å²) in [6.07, 6.45) is 3.92. The number of imidazole rings is 1. The summed E-state index contributed by atoms with van der Waals surface area (Å²) in [7, 11) is 0. The van der Waals surface area contributed by atoms with Gasteiger partial charge in [-0.2, -0.15) is 0 Å². The van der Waals surface area contributed by atoms with Crippen LogP contribution in [-0.4, -0.2) is 15.6 Å². The van der Waals surface area contributed by atoms with E-state index in [4.69, 9.17) is 0 Å². The van der Waals surface area contributed by atoms with E-state index in [0.29, 0.717) is 12.0 Å². The van der Waals surface area contributed by atoms with Crippen molar-refractivity contribution in [3.05, 3.63) is 24.5 Å². The third-order valence-electron chi connectivity index (χ3n) is 2.58. The van der Waals surface area contributed by atoms with Crippen molar-refractivity contribution in [2.24, 2.45) is 5.92 Å². The van der Waals surface area contributed by atoms with Crippen molar-refractivity contribution in [3.63, 3.8) is 0 Å². The first-order valence-electron chi connectivity index (χ1n) is 5.45. The van der Waals surface area contributed by atoms with Gasteiger partial charge in [0.1, 0.15) is 0 Å². The molecule has 0 aliphatic heterocycles. The van der Waals surface area contributed by atoms with Gasteiger partial charge in [0.05, 0.1) is 5.69 Å². The number of nitrogens with one attached hydrogen (secondary N) is 1. The minimum absolute atomic E-state index is 0.426. The second kappa shape index (κ2) is 5.01. The van der Waals surface area contributed by atoms with Gasteiger partial charge in [-0.3, -0.25) is 0 Å². The second-order valence-electron chi connectivity index (χ2n) is 4.32. The number of allylic oxidation sites excluding steroid dienone is 1. The molecule has 0 saturated carbocycles. The Morgan fingerprint density at radius 1 is 1.53 bits per heavy atom. The lowest BCUT2D eigenvalue weighted by Crippen LogP contribution is -2.23. The highest BCUT2D eigenvalue weighted by Gasteiger charge is 2.10. The van der Waals surface area contributed by atoms with E-state index in [1.54, 1.807) is 0 Å². The summed E-state index contributed by atoms with van der Waals surface area (Å²) in [5, 5.41) is 3.42. The summed E-state index contributed by atoms with van der Waals surface area (Å²) in [6, 6.07) is 0.426. The van der Waals surface area contributed by atoms with E-state index in [2.05, 4.69) is 42.2 Å². The molecule has 1 N–H and O–H groups in total. The topological polar surface area (TPSA) is 29.9 Å². The molecule has 1 aromatic heterocycles.